The van der Waals surface area contributed by atoms with Crippen LogP contribution >= 0.6 is 0 Å². The number of β-amino-alcohol motifs (C(OH)–C–C–N with tert-alkyl or cyclic N) is 1. The van der Waals surface area contributed by atoms with Crippen molar-refractivity contribution in [2.24, 2.45) is 5.92 Å². The van der Waals surface area contributed by atoms with Gasteiger partial charge >= 0.3 is 0 Å². The molecular formula is C18H23FN2O3. The van der Waals surface area contributed by atoms with Gasteiger partial charge in [0.05, 0.1) is 12.1 Å². The minimum Gasteiger partial charge on any atom is -0.391 e. The van der Waals surface area contributed by atoms with Gasteiger partial charge in [-0.15, -0.1) is 0 Å². The summed E-state index contributed by atoms with van der Waals surface area (Å²) in [6.07, 6.45) is 1.01. The van der Waals surface area contributed by atoms with Crippen molar-refractivity contribution < 1.29 is 19.1 Å². The van der Waals surface area contributed by atoms with Crippen molar-refractivity contribution in [3.8, 4) is 0 Å². The van der Waals surface area contributed by atoms with Gasteiger partial charge in [-0.3, -0.25) is 9.59 Å². The molecule has 1 aliphatic heterocycles. The molecule has 4 atom stereocenters. The fourth-order valence-corrected chi connectivity index (χ4v) is 3.86. The molecule has 2 amide bonds. The maximum Gasteiger partial charge on any atom is 0.243 e. The summed E-state index contributed by atoms with van der Waals surface area (Å²) < 4.78 is 14.0. The number of benzene rings is 1. The number of nitrogens with zero attached hydrogens (tertiary/aromatic N) is 1. The van der Waals surface area contributed by atoms with Gasteiger partial charge in [0, 0.05) is 19.9 Å². The number of carbonyl (C=O) groups excluding carboxylic acids is 2. The highest BCUT2D eigenvalue weighted by Crippen LogP contribution is 2.35. The Hall–Kier alpha value is -1.95. The van der Waals surface area contributed by atoms with E-state index in [-0.39, 0.29) is 42.6 Å². The van der Waals surface area contributed by atoms with Crippen LogP contribution in [0.2, 0.25) is 0 Å². The zero-order chi connectivity index (χ0) is 17.4. The number of aliphatic hydroxyl groups excluding tert-OH is 1. The summed E-state index contributed by atoms with van der Waals surface area (Å²) in [4.78, 5) is 25.8. The molecule has 0 aromatic heterocycles. The van der Waals surface area contributed by atoms with Crippen molar-refractivity contribution in [2.45, 2.75) is 51.3 Å². The number of aliphatic hydroxyl groups is 1. The molecule has 2 aliphatic rings. The van der Waals surface area contributed by atoms with E-state index in [0.717, 1.165) is 12.0 Å². The molecule has 1 aromatic rings. The lowest BCUT2D eigenvalue weighted by molar-refractivity contribution is -0.137. The molecule has 3 rings (SSSR count). The fourth-order valence-electron chi connectivity index (χ4n) is 3.86. The fraction of sp³-hybridized carbons (Fsp3) is 0.556. The summed E-state index contributed by atoms with van der Waals surface area (Å²) in [6.45, 7) is 3.61. The summed E-state index contributed by atoms with van der Waals surface area (Å²) >= 11 is 0. The average molecular weight is 334 g/mol. The summed E-state index contributed by atoms with van der Waals surface area (Å²) in [7, 11) is 0. The molecule has 1 aromatic carbocycles. The van der Waals surface area contributed by atoms with Crippen LogP contribution in [0.4, 0.5) is 4.39 Å². The Bertz CT molecular complexity index is 664. The molecular weight excluding hydrogens is 311 g/mol. The lowest BCUT2D eigenvalue weighted by Crippen LogP contribution is -2.47. The minimum atomic E-state index is -0.682. The van der Waals surface area contributed by atoms with E-state index < -0.39 is 12.1 Å². The Kier molecular flexibility index (Phi) is 4.58. The lowest BCUT2D eigenvalue weighted by atomic mass is 9.80. The van der Waals surface area contributed by atoms with Gasteiger partial charge in [0.2, 0.25) is 11.8 Å². The Morgan fingerprint density at radius 2 is 2.12 bits per heavy atom. The average Bonchev–Trinajstić information content (AvgIpc) is 2.92. The van der Waals surface area contributed by atoms with Crippen molar-refractivity contribution in [1.82, 2.24) is 10.2 Å². The molecule has 5 nitrogen and oxygen atoms in total. The van der Waals surface area contributed by atoms with Crippen LogP contribution in [0.15, 0.2) is 18.2 Å². The third kappa shape index (κ3) is 3.02. The number of hydrogen-bond donors (Lipinski definition) is 2. The Morgan fingerprint density at radius 3 is 2.83 bits per heavy atom. The summed E-state index contributed by atoms with van der Waals surface area (Å²) in [5, 5.41) is 12.8. The molecule has 1 saturated heterocycles. The number of likely N-dealkylation sites (tertiary alicyclic amines) is 1. The maximum atomic E-state index is 14.0. The number of carbonyl (C=O) groups is 2. The van der Waals surface area contributed by atoms with Crippen LogP contribution < -0.4 is 5.32 Å². The highest BCUT2D eigenvalue weighted by molar-refractivity contribution is 5.88. The molecule has 130 valence electrons. The molecule has 1 fully saturated rings. The van der Waals surface area contributed by atoms with Crippen LogP contribution in [-0.4, -0.2) is 40.5 Å². The molecule has 2 N–H and O–H groups in total. The van der Waals surface area contributed by atoms with Crippen LogP contribution in [0.1, 0.15) is 43.9 Å². The first-order valence-electron chi connectivity index (χ1n) is 8.41. The van der Waals surface area contributed by atoms with Gasteiger partial charge in [0.15, 0.2) is 0 Å². The number of nitrogens with one attached hydrogen (secondary N) is 1. The third-order valence-electron chi connectivity index (χ3n) is 5.19. The van der Waals surface area contributed by atoms with Crippen molar-refractivity contribution in [2.75, 3.05) is 6.54 Å². The molecule has 0 unspecified atom stereocenters. The molecule has 1 aliphatic carbocycles. The van der Waals surface area contributed by atoms with E-state index in [1.807, 2.05) is 13.0 Å². The molecule has 1 heterocycles. The van der Waals surface area contributed by atoms with Gasteiger partial charge in [0.1, 0.15) is 11.9 Å². The first kappa shape index (κ1) is 16.9. The lowest BCUT2D eigenvalue weighted by Gasteiger charge is -2.34. The minimum absolute atomic E-state index is 0.179. The predicted molar refractivity (Wildman–Crippen MR) is 86.6 cm³/mol. The Balaban J connectivity index is 1.82. The van der Waals surface area contributed by atoms with E-state index in [0.29, 0.717) is 12.0 Å². The molecule has 24 heavy (non-hydrogen) atoms. The largest absolute Gasteiger partial charge is 0.391 e. The number of amides is 2. The van der Waals surface area contributed by atoms with Gasteiger partial charge in [0.25, 0.3) is 0 Å². The summed E-state index contributed by atoms with van der Waals surface area (Å²) in [5.41, 5.74) is 1.48. The van der Waals surface area contributed by atoms with Gasteiger partial charge in [-0.2, -0.15) is 0 Å². The molecule has 0 bridgehead atoms. The van der Waals surface area contributed by atoms with E-state index in [1.54, 1.807) is 6.07 Å². The van der Waals surface area contributed by atoms with E-state index in [4.69, 9.17) is 0 Å². The van der Waals surface area contributed by atoms with Gasteiger partial charge in [-0.25, -0.2) is 4.39 Å². The zero-order valence-corrected chi connectivity index (χ0v) is 14.0. The van der Waals surface area contributed by atoms with Crippen molar-refractivity contribution >= 4 is 11.8 Å². The monoisotopic (exact) mass is 334 g/mol. The highest BCUT2D eigenvalue weighted by Gasteiger charge is 2.39. The van der Waals surface area contributed by atoms with Gasteiger partial charge < -0.3 is 15.3 Å². The number of hydrogen-bond acceptors (Lipinski definition) is 3. The van der Waals surface area contributed by atoms with Crippen LogP contribution in [0, 0.1) is 11.7 Å². The summed E-state index contributed by atoms with van der Waals surface area (Å²) in [6, 6.07) is 4.02. The van der Waals surface area contributed by atoms with Crippen LogP contribution in [0.25, 0.3) is 0 Å². The van der Waals surface area contributed by atoms with Gasteiger partial charge in [-0.05, 0) is 36.0 Å². The third-order valence-corrected chi connectivity index (χ3v) is 5.19. The highest BCUT2D eigenvalue weighted by atomic mass is 19.1. The SMILES string of the molecule is CC(=O)N1C[C@@H](O)C[C@@H]1C(=O)N[C@@H]1c2cccc(F)c2CC[C@H]1C. The molecule has 0 saturated carbocycles. The predicted octanol–water partition coefficient (Wildman–Crippen LogP) is 1.55. The second-order valence-corrected chi connectivity index (χ2v) is 6.89. The Labute approximate surface area is 140 Å². The number of fused-ring (bicyclic) bond motifs is 1. The van der Waals surface area contributed by atoms with E-state index in [9.17, 15) is 19.1 Å². The van der Waals surface area contributed by atoms with Crippen molar-refractivity contribution in [1.29, 1.82) is 0 Å². The van der Waals surface area contributed by atoms with Crippen molar-refractivity contribution in [3.05, 3.63) is 35.1 Å². The van der Waals surface area contributed by atoms with E-state index in [1.165, 1.54) is 17.9 Å². The van der Waals surface area contributed by atoms with Crippen LogP contribution in [-0.2, 0) is 16.0 Å². The quantitative estimate of drug-likeness (QED) is 0.862. The maximum absolute atomic E-state index is 14.0. The normalized spacial score (nSPS) is 29.2. The smallest absolute Gasteiger partial charge is 0.243 e. The first-order chi connectivity index (χ1) is 11.4. The second-order valence-electron chi connectivity index (χ2n) is 6.89. The van der Waals surface area contributed by atoms with Crippen molar-refractivity contribution in [3.63, 3.8) is 0 Å². The van der Waals surface area contributed by atoms with Crippen LogP contribution in [0.3, 0.4) is 0 Å². The standard InChI is InChI=1S/C18H23FN2O3/c1-10-6-7-13-14(4-3-5-15(13)19)17(10)20-18(24)16-8-12(23)9-21(16)11(2)22/h3-5,10,12,16-17,23H,6-9H2,1-2H3,(H,20,24)/t10-,12+,16-,17+/m1/s1. The first-order valence-corrected chi connectivity index (χ1v) is 8.41. The number of rotatable bonds is 2. The molecule has 6 heteroatoms. The molecule has 0 spiro atoms. The van der Waals surface area contributed by atoms with E-state index in [2.05, 4.69) is 5.32 Å². The summed E-state index contributed by atoms with van der Waals surface area (Å²) in [5.74, 6) is -0.564. The zero-order valence-electron chi connectivity index (χ0n) is 14.0. The van der Waals surface area contributed by atoms with Gasteiger partial charge in [-0.1, -0.05) is 19.1 Å². The van der Waals surface area contributed by atoms with Crippen LogP contribution in [0.5, 0.6) is 0 Å². The number of halogens is 1. The Morgan fingerprint density at radius 1 is 1.38 bits per heavy atom. The van der Waals surface area contributed by atoms with E-state index >= 15 is 0 Å². The molecule has 0 radical (unpaired) electrons. The topological polar surface area (TPSA) is 69.6 Å². The second kappa shape index (κ2) is 6.51.